The molecular formula is C14H10BrN3O3. The molecule has 6 nitrogen and oxygen atoms in total. The highest BCUT2D eigenvalue weighted by molar-refractivity contribution is 9.10. The van der Waals surface area contributed by atoms with Crippen LogP contribution in [0.15, 0.2) is 22.7 Å². The fourth-order valence-corrected chi connectivity index (χ4v) is 2.94. The largest absolute Gasteiger partial charge is 0.507 e. The zero-order chi connectivity index (χ0) is 15.5. The number of phenols is 1. The summed E-state index contributed by atoms with van der Waals surface area (Å²) in [5.41, 5.74) is 17.7. The van der Waals surface area contributed by atoms with Gasteiger partial charge in [-0.1, -0.05) is 0 Å². The second kappa shape index (κ2) is 4.23. The fourth-order valence-electron chi connectivity index (χ4n) is 2.50. The van der Waals surface area contributed by atoms with Crippen LogP contribution in [-0.2, 0) is 0 Å². The monoisotopic (exact) mass is 347 g/mol. The van der Waals surface area contributed by atoms with Crippen molar-refractivity contribution in [2.24, 2.45) is 0 Å². The van der Waals surface area contributed by atoms with E-state index in [1.54, 1.807) is 0 Å². The summed E-state index contributed by atoms with van der Waals surface area (Å²) < 4.78 is 0.419. The minimum Gasteiger partial charge on any atom is -0.507 e. The number of phenolic OH excluding ortho intramolecular Hbond substituents is 1. The van der Waals surface area contributed by atoms with Gasteiger partial charge < -0.3 is 22.3 Å². The summed E-state index contributed by atoms with van der Waals surface area (Å²) in [6, 6.07) is 4.08. The molecule has 0 saturated heterocycles. The summed E-state index contributed by atoms with van der Waals surface area (Å²) in [6.07, 6.45) is 0. The first-order valence-corrected chi connectivity index (χ1v) is 6.72. The van der Waals surface area contributed by atoms with Gasteiger partial charge in [0.2, 0.25) is 0 Å². The second-order valence-electron chi connectivity index (χ2n) is 4.69. The number of halogens is 1. The maximum Gasteiger partial charge on any atom is 0.200 e. The van der Waals surface area contributed by atoms with Crippen molar-refractivity contribution < 1.29 is 14.7 Å². The molecule has 0 fully saturated rings. The zero-order valence-corrected chi connectivity index (χ0v) is 12.2. The average Bonchev–Trinajstić information content (AvgIpc) is 2.42. The molecule has 3 rings (SSSR count). The Labute approximate surface area is 127 Å². The SMILES string of the molecule is Nc1ccc(O)c2c1C(=O)c1c(N)c(Br)cc(N)c1C2=O. The van der Waals surface area contributed by atoms with Crippen LogP contribution < -0.4 is 17.2 Å². The lowest BCUT2D eigenvalue weighted by Gasteiger charge is -2.22. The number of carbonyl (C=O) groups is 2. The number of nitrogen functional groups attached to an aromatic ring is 3. The van der Waals surface area contributed by atoms with Gasteiger partial charge in [-0.25, -0.2) is 0 Å². The Morgan fingerprint density at radius 3 is 2.10 bits per heavy atom. The highest BCUT2D eigenvalue weighted by Crippen LogP contribution is 2.42. The molecule has 0 heterocycles. The lowest BCUT2D eigenvalue weighted by Crippen LogP contribution is -2.25. The Balaban J connectivity index is 2.47. The molecule has 106 valence electrons. The third-order valence-electron chi connectivity index (χ3n) is 3.47. The number of hydrogen-bond donors (Lipinski definition) is 4. The van der Waals surface area contributed by atoms with E-state index >= 15 is 0 Å². The Morgan fingerprint density at radius 1 is 0.857 bits per heavy atom. The normalized spacial score (nSPS) is 13.0. The summed E-state index contributed by atoms with van der Waals surface area (Å²) in [4.78, 5) is 25.2. The van der Waals surface area contributed by atoms with Crippen LogP contribution in [0.4, 0.5) is 17.1 Å². The van der Waals surface area contributed by atoms with Gasteiger partial charge in [0, 0.05) is 15.8 Å². The molecule has 1 aliphatic rings. The predicted molar refractivity (Wildman–Crippen MR) is 82.4 cm³/mol. The van der Waals surface area contributed by atoms with Gasteiger partial charge in [0.1, 0.15) is 5.75 Å². The predicted octanol–water partition coefficient (Wildman–Crippen LogP) is 1.68. The van der Waals surface area contributed by atoms with Crippen molar-refractivity contribution in [3.8, 4) is 5.75 Å². The highest BCUT2D eigenvalue weighted by atomic mass is 79.9. The summed E-state index contributed by atoms with van der Waals surface area (Å²) in [7, 11) is 0. The second-order valence-corrected chi connectivity index (χ2v) is 5.55. The van der Waals surface area contributed by atoms with Gasteiger partial charge in [-0.15, -0.1) is 0 Å². The Kier molecular flexibility index (Phi) is 2.70. The maximum atomic E-state index is 12.7. The number of nitrogens with two attached hydrogens (primary N) is 3. The van der Waals surface area contributed by atoms with Gasteiger partial charge in [-0.05, 0) is 34.1 Å². The molecule has 0 spiro atoms. The van der Waals surface area contributed by atoms with Crippen LogP contribution in [0.2, 0.25) is 0 Å². The topological polar surface area (TPSA) is 132 Å². The van der Waals surface area contributed by atoms with Crippen LogP contribution in [0, 0.1) is 0 Å². The van der Waals surface area contributed by atoms with Crippen LogP contribution in [0.5, 0.6) is 5.75 Å². The fraction of sp³-hybridized carbons (Fsp3) is 0. The average molecular weight is 348 g/mol. The molecule has 2 aromatic rings. The molecule has 0 aromatic heterocycles. The van der Waals surface area contributed by atoms with E-state index in [1.165, 1.54) is 18.2 Å². The summed E-state index contributed by atoms with van der Waals surface area (Å²) in [5, 5.41) is 9.90. The number of benzene rings is 2. The van der Waals surface area contributed by atoms with Gasteiger partial charge in [0.05, 0.1) is 27.9 Å². The zero-order valence-electron chi connectivity index (χ0n) is 10.6. The lowest BCUT2D eigenvalue weighted by molar-refractivity contribution is 0.0978. The molecule has 0 bridgehead atoms. The van der Waals surface area contributed by atoms with E-state index < -0.39 is 11.6 Å². The number of ketones is 2. The van der Waals surface area contributed by atoms with Gasteiger partial charge in [-0.2, -0.15) is 0 Å². The first kappa shape index (κ1) is 13.4. The van der Waals surface area contributed by atoms with Crippen molar-refractivity contribution in [2.45, 2.75) is 0 Å². The summed E-state index contributed by atoms with van der Waals surface area (Å²) >= 11 is 3.20. The lowest BCUT2D eigenvalue weighted by atomic mass is 9.81. The van der Waals surface area contributed by atoms with Crippen LogP contribution in [0.1, 0.15) is 31.8 Å². The molecule has 0 atom stereocenters. The van der Waals surface area contributed by atoms with E-state index in [0.717, 1.165) is 0 Å². The van der Waals surface area contributed by atoms with E-state index in [9.17, 15) is 14.7 Å². The summed E-state index contributed by atoms with van der Waals surface area (Å²) in [6.45, 7) is 0. The number of anilines is 3. The van der Waals surface area contributed by atoms with Crippen LogP contribution >= 0.6 is 15.9 Å². The van der Waals surface area contributed by atoms with Gasteiger partial charge >= 0.3 is 0 Å². The Morgan fingerprint density at radius 2 is 1.43 bits per heavy atom. The van der Waals surface area contributed by atoms with Crippen molar-refractivity contribution in [3.05, 3.63) is 44.9 Å². The molecule has 0 amide bonds. The van der Waals surface area contributed by atoms with Crippen LogP contribution in [0.3, 0.4) is 0 Å². The molecule has 0 saturated carbocycles. The standard InChI is InChI=1S/C14H10BrN3O3/c15-4-3-6(17)9-11(12(4)18)14(21)8-5(16)1-2-7(19)10(8)13(9)20/h1-3,19H,16-18H2. The first-order chi connectivity index (χ1) is 9.84. The molecule has 21 heavy (non-hydrogen) atoms. The van der Waals surface area contributed by atoms with Gasteiger partial charge in [-0.3, -0.25) is 9.59 Å². The first-order valence-electron chi connectivity index (χ1n) is 5.92. The maximum absolute atomic E-state index is 12.7. The smallest absolute Gasteiger partial charge is 0.200 e. The minimum absolute atomic E-state index is 0.00546. The van der Waals surface area contributed by atoms with Crippen molar-refractivity contribution in [1.82, 2.24) is 0 Å². The quantitative estimate of drug-likeness (QED) is 0.361. The molecule has 0 radical (unpaired) electrons. The van der Waals surface area contributed by atoms with Crippen molar-refractivity contribution in [1.29, 1.82) is 0 Å². The van der Waals surface area contributed by atoms with Crippen molar-refractivity contribution in [2.75, 3.05) is 17.2 Å². The molecule has 7 N–H and O–H groups in total. The Hall–Kier alpha value is -2.54. The molecule has 0 aliphatic heterocycles. The van der Waals surface area contributed by atoms with Gasteiger partial charge in [0.15, 0.2) is 11.6 Å². The molecule has 0 unspecified atom stereocenters. The van der Waals surface area contributed by atoms with E-state index in [2.05, 4.69) is 15.9 Å². The number of fused-ring (bicyclic) bond motifs is 2. The van der Waals surface area contributed by atoms with Crippen molar-refractivity contribution in [3.63, 3.8) is 0 Å². The third-order valence-corrected chi connectivity index (χ3v) is 4.13. The molecule has 1 aliphatic carbocycles. The van der Waals surface area contributed by atoms with Gasteiger partial charge in [0.25, 0.3) is 0 Å². The van der Waals surface area contributed by atoms with E-state index in [4.69, 9.17) is 17.2 Å². The van der Waals surface area contributed by atoms with Crippen LogP contribution in [-0.4, -0.2) is 16.7 Å². The summed E-state index contributed by atoms with van der Waals surface area (Å²) in [5.74, 6) is -1.41. The third kappa shape index (κ3) is 1.64. The van der Waals surface area contributed by atoms with E-state index in [1.807, 2.05) is 0 Å². The van der Waals surface area contributed by atoms with Crippen LogP contribution in [0.25, 0.3) is 0 Å². The van der Waals surface area contributed by atoms with Crippen molar-refractivity contribution >= 4 is 44.6 Å². The minimum atomic E-state index is -0.568. The number of aromatic hydroxyl groups is 1. The molecular weight excluding hydrogens is 338 g/mol. The Bertz CT molecular complexity index is 846. The number of rotatable bonds is 0. The number of carbonyl (C=O) groups excluding carboxylic acids is 2. The molecule has 7 heteroatoms. The molecule has 2 aromatic carbocycles. The van der Waals surface area contributed by atoms with E-state index in [0.29, 0.717) is 4.47 Å². The number of hydrogen-bond acceptors (Lipinski definition) is 6. The highest BCUT2D eigenvalue weighted by Gasteiger charge is 2.37. The van der Waals surface area contributed by atoms with E-state index in [-0.39, 0.29) is 45.1 Å².